The van der Waals surface area contributed by atoms with Gasteiger partial charge in [-0.05, 0) is 43.7 Å². The van der Waals surface area contributed by atoms with Crippen LogP contribution >= 0.6 is 0 Å². The number of nitrogen functional groups attached to an aromatic ring is 1. The fraction of sp³-hybridized carbons (Fsp3) is 0.200. The Morgan fingerprint density at radius 3 is 2.58 bits per heavy atom. The molecule has 0 radical (unpaired) electrons. The second kappa shape index (κ2) is 8.82. The van der Waals surface area contributed by atoms with Crippen LogP contribution in [0.25, 0.3) is 22.8 Å². The largest absolute Gasteiger partial charge is 0.383 e. The molecule has 4 aromatic rings. The van der Waals surface area contributed by atoms with E-state index in [9.17, 15) is 4.39 Å². The van der Waals surface area contributed by atoms with Gasteiger partial charge in [-0.15, -0.1) is 0 Å². The van der Waals surface area contributed by atoms with E-state index in [4.69, 9.17) is 5.73 Å². The van der Waals surface area contributed by atoms with Gasteiger partial charge in [-0.25, -0.2) is 19.0 Å². The summed E-state index contributed by atoms with van der Waals surface area (Å²) in [6.07, 6.45) is 5.12. The molecule has 0 bridgehead atoms. The minimum Gasteiger partial charge on any atom is -0.383 e. The van der Waals surface area contributed by atoms with Crippen molar-refractivity contribution >= 4 is 34.3 Å². The predicted molar refractivity (Wildman–Crippen MR) is 131 cm³/mol. The number of halogens is 1. The lowest BCUT2D eigenvalue weighted by Gasteiger charge is -2.34. The average molecular weight is 444 g/mol. The zero-order valence-corrected chi connectivity index (χ0v) is 19.2. The third-order valence-corrected chi connectivity index (χ3v) is 5.48. The van der Waals surface area contributed by atoms with Crippen LogP contribution in [0.2, 0.25) is 0 Å². The number of aryl methyl sites for hydroxylation is 2. The quantitative estimate of drug-likeness (QED) is 0.473. The fourth-order valence-electron chi connectivity index (χ4n) is 4.10. The summed E-state index contributed by atoms with van der Waals surface area (Å²) in [5, 5.41) is 5.33. The molecule has 4 heterocycles. The molecule has 1 aliphatic heterocycles. The molecule has 1 aliphatic rings. The summed E-state index contributed by atoms with van der Waals surface area (Å²) in [6, 6.07) is 8.56. The molecule has 0 atom stereocenters. The Morgan fingerprint density at radius 1 is 1.06 bits per heavy atom. The SMILES string of the molecule is C=C1c2c(C)ccnc2C=C(Cn2nc(C)c3c(N)ncnc32)N1c1ccccc1F.CC. The van der Waals surface area contributed by atoms with Crippen LogP contribution in [-0.4, -0.2) is 24.7 Å². The van der Waals surface area contributed by atoms with Crippen molar-refractivity contribution in [1.29, 1.82) is 0 Å². The summed E-state index contributed by atoms with van der Waals surface area (Å²) in [7, 11) is 0. The molecule has 0 fully saturated rings. The lowest BCUT2D eigenvalue weighted by Crippen LogP contribution is -2.28. The summed E-state index contributed by atoms with van der Waals surface area (Å²) in [6.45, 7) is 12.5. The summed E-state index contributed by atoms with van der Waals surface area (Å²) in [5.74, 6) is 0.0389. The zero-order valence-electron chi connectivity index (χ0n) is 19.2. The first-order valence-electron chi connectivity index (χ1n) is 10.8. The van der Waals surface area contributed by atoms with Crippen molar-refractivity contribution in [3.05, 3.63) is 83.5 Å². The number of para-hydroxylation sites is 1. The maximum Gasteiger partial charge on any atom is 0.163 e. The molecular weight excluding hydrogens is 417 g/mol. The second-order valence-electron chi connectivity index (χ2n) is 7.46. The van der Waals surface area contributed by atoms with Gasteiger partial charge in [0, 0.05) is 23.2 Å². The van der Waals surface area contributed by atoms with Gasteiger partial charge in [0.15, 0.2) is 5.65 Å². The number of allylic oxidation sites excluding steroid dienone is 1. The number of benzene rings is 1. The Hall–Kier alpha value is -4.07. The van der Waals surface area contributed by atoms with Gasteiger partial charge >= 0.3 is 0 Å². The van der Waals surface area contributed by atoms with E-state index in [0.717, 1.165) is 28.2 Å². The van der Waals surface area contributed by atoms with Crippen LogP contribution in [0.5, 0.6) is 0 Å². The molecule has 8 heteroatoms. The third kappa shape index (κ3) is 3.73. The van der Waals surface area contributed by atoms with Crippen molar-refractivity contribution in [2.75, 3.05) is 10.6 Å². The summed E-state index contributed by atoms with van der Waals surface area (Å²) < 4.78 is 16.6. The molecule has 5 rings (SSSR count). The molecular formula is C25H26FN7. The minimum absolute atomic E-state index is 0.323. The van der Waals surface area contributed by atoms with Crippen molar-refractivity contribution in [3.8, 4) is 0 Å². The number of anilines is 2. The van der Waals surface area contributed by atoms with Gasteiger partial charge < -0.3 is 10.6 Å². The van der Waals surface area contributed by atoms with Crippen LogP contribution in [0.3, 0.4) is 0 Å². The Kier molecular flexibility index (Phi) is 5.91. The number of rotatable bonds is 3. The van der Waals surface area contributed by atoms with Crippen LogP contribution < -0.4 is 10.6 Å². The van der Waals surface area contributed by atoms with E-state index in [1.807, 2.05) is 44.7 Å². The Bertz CT molecular complexity index is 1390. The maximum atomic E-state index is 14.9. The van der Waals surface area contributed by atoms with Crippen molar-refractivity contribution in [1.82, 2.24) is 24.7 Å². The molecule has 2 N–H and O–H groups in total. The Balaban J connectivity index is 0.00000126. The van der Waals surface area contributed by atoms with Gasteiger partial charge in [-0.1, -0.05) is 32.6 Å². The maximum absolute atomic E-state index is 14.9. The molecule has 0 unspecified atom stereocenters. The van der Waals surface area contributed by atoms with Gasteiger partial charge in [-0.2, -0.15) is 5.10 Å². The lowest BCUT2D eigenvalue weighted by molar-refractivity contribution is 0.623. The summed E-state index contributed by atoms with van der Waals surface area (Å²) >= 11 is 0. The normalized spacial score (nSPS) is 12.8. The fourth-order valence-corrected chi connectivity index (χ4v) is 4.10. The van der Waals surface area contributed by atoms with Gasteiger partial charge in [0.25, 0.3) is 0 Å². The molecule has 168 valence electrons. The number of pyridine rings is 1. The number of nitrogens with two attached hydrogens (primary N) is 1. The van der Waals surface area contributed by atoms with E-state index >= 15 is 0 Å². The van der Waals surface area contributed by atoms with Gasteiger partial charge in [0.05, 0.1) is 29.0 Å². The standard InChI is InChI=1S/C23H20FN7.C2H6/c1-13-8-9-26-18-10-16(11-30-23-21(14(2)29-30)22(25)27-12-28-23)31(15(3)20(13)18)19-7-5-4-6-17(19)24;1-2/h4-10,12H,3,11H2,1-2H3,(H2,25,27,28);1-2H3. The number of hydrogen-bond acceptors (Lipinski definition) is 6. The third-order valence-electron chi connectivity index (χ3n) is 5.48. The topological polar surface area (TPSA) is 85.8 Å². The average Bonchev–Trinajstić information content (AvgIpc) is 3.12. The Morgan fingerprint density at radius 2 is 1.82 bits per heavy atom. The predicted octanol–water partition coefficient (Wildman–Crippen LogP) is 5.12. The lowest BCUT2D eigenvalue weighted by atomic mass is 9.98. The molecule has 0 aliphatic carbocycles. The monoisotopic (exact) mass is 443 g/mol. The minimum atomic E-state index is -0.340. The highest BCUT2D eigenvalue weighted by molar-refractivity contribution is 5.92. The van der Waals surface area contributed by atoms with Crippen molar-refractivity contribution < 1.29 is 4.39 Å². The van der Waals surface area contributed by atoms with E-state index in [0.29, 0.717) is 34.8 Å². The molecule has 7 nitrogen and oxygen atoms in total. The van der Waals surface area contributed by atoms with Crippen molar-refractivity contribution in [2.45, 2.75) is 34.2 Å². The molecule has 33 heavy (non-hydrogen) atoms. The number of nitrogens with zero attached hydrogens (tertiary/aromatic N) is 6. The highest BCUT2D eigenvalue weighted by atomic mass is 19.1. The van der Waals surface area contributed by atoms with Gasteiger partial charge in [0.2, 0.25) is 0 Å². The highest BCUT2D eigenvalue weighted by Crippen LogP contribution is 2.39. The number of fused-ring (bicyclic) bond motifs is 2. The highest BCUT2D eigenvalue weighted by Gasteiger charge is 2.28. The van der Waals surface area contributed by atoms with Crippen LogP contribution in [-0.2, 0) is 6.54 Å². The van der Waals surface area contributed by atoms with Gasteiger partial charge in [-0.3, -0.25) is 4.98 Å². The molecule has 0 saturated heterocycles. The van der Waals surface area contributed by atoms with Crippen LogP contribution in [0.4, 0.5) is 15.9 Å². The Labute approximate surface area is 192 Å². The van der Waals surface area contributed by atoms with Crippen LogP contribution in [0.15, 0.2) is 55.1 Å². The van der Waals surface area contributed by atoms with E-state index in [1.165, 1.54) is 12.4 Å². The second-order valence-corrected chi connectivity index (χ2v) is 7.46. The number of aromatic nitrogens is 5. The van der Waals surface area contributed by atoms with Gasteiger partial charge in [0.1, 0.15) is 18.0 Å². The molecule has 0 spiro atoms. The first-order valence-corrected chi connectivity index (χ1v) is 10.8. The van der Waals surface area contributed by atoms with E-state index in [1.54, 1.807) is 29.1 Å². The molecule has 3 aromatic heterocycles. The first-order chi connectivity index (χ1) is 16.0. The molecule has 1 aromatic carbocycles. The van der Waals surface area contributed by atoms with Crippen LogP contribution in [0, 0.1) is 19.7 Å². The summed E-state index contributed by atoms with van der Waals surface area (Å²) in [4.78, 5) is 14.8. The van der Waals surface area contributed by atoms with E-state index in [-0.39, 0.29) is 5.82 Å². The van der Waals surface area contributed by atoms with E-state index in [2.05, 4.69) is 26.6 Å². The first kappa shape index (κ1) is 22.1. The molecule has 0 amide bonds. The van der Waals surface area contributed by atoms with Crippen molar-refractivity contribution in [3.63, 3.8) is 0 Å². The van der Waals surface area contributed by atoms with Crippen LogP contribution in [0.1, 0.15) is 36.4 Å². The summed E-state index contributed by atoms with van der Waals surface area (Å²) in [5.41, 5.74) is 11.9. The smallest absolute Gasteiger partial charge is 0.163 e. The van der Waals surface area contributed by atoms with Crippen molar-refractivity contribution in [2.24, 2.45) is 0 Å². The molecule has 0 saturated carbocycles. The number of hydrogen-bond donors (Lipinski definition) is 1. The van der Waals surface area contributed by atoms with E-state index < -0.39 is 0 Å². The zero-order chi connectivity index (χ0) is 23.7.